The summed E-state index contributed by atoms with van der Waals surface area (Å²) in [6.45, 7) is 8.67. The number of hydrazine groups is 1. The molecule has 0 saturated carbocycles. The van der Waals surface area contributed by atoms with Crippen LogP contribution in [0.3, 0.4) is 0 Å². The van der Waals surface area contributed by atoms with Crippen molar-refractivity contribution in [2.45, 2.75) is 39.8 Å². The van der Waals surface area contributed by atoms with Crippen LogP contribution < -0.4 is 5.43 Å². The fraction of sp³-hybridized carbons (Fsp3) is 0.889. The molecule has 1 saturated heterocycles. The molecule has 0 unspecified atom stereocenters. The minimum atomic E-state index is -0.257. The highest BCUT2D eigenvalue weighted by Gasteiger charge is 2.35. The Hall–Kier alpha value is -0.770. The highest BCUT2D eigenvalue weighted by Crippen LogP contribution is 2.17. The predicted molar refractivity (Wildman–Crippen MR) is 50.1 cm³/mol. The van der Waals surface area contributed by atoms with Crippen molar-refractivity contribution in [1.29, 1.82) is 0 Å². The fourth-order valence-electron chi connectivity index (χ4n) is 1.35. The minimum absolute atomic E-state index is 0.162. The summed E-state index contributed by atoms with van der Waals surface area (Å²) in [4.78, 5) is 11.3. The molecule has 1 atom stereocenters. The Bertz CT molecular complexity index is 192. The van der Waals surface area contributed by atoms with Crippen molar-refractivity contribution >= 4 is 6.09 Å². The largest absolute Gasteiger partial charge is 0.446 e. The van der Waals surface area contributed by atoms with Crippen LogP contribution in [0.25, 0.3) is 0 Å². The molecule has 4 nitrogen and oxygen atoms in total. The number of nitrogens with one attached hydrogen (secondary N) is 1. The Morgan fingerprint density at radius 2 is 2.08 bits per heavy atom. The topological polar surface area (TPSA) is 41.6 Å². The van der Waals surface area contributed by atoms with Crippen molar-refractivity contribution in [2.24, 2.45) is 5.92 Å². The molecule has 76 valence electrons. The predicted octanol–water partition coefficient (Wildman–Crippen LogP) is 1.38. The van der Waals surface area contributed by atoms with E-state index in [0.717, 1.165) is 0 Å². The Kier molecular flexibility index (Phi) is 3.14. The summed E-state index contributed by atoms with van der Waals surface area (Å²) < 4.78 is 4.96. The Morgan fingerprint density at radius 3 is 2.54 bits per heavy atom. The van der Waals surface area contributed by atoms with Gasteiger partial charge in [0, 0.05) is 6.04 Å². The summed E-state index contributed by atoms with van der Waals surface area (Å²) in [5.41, 5.74) is 3.08. The number of amides is 1. The summed E-state index contributed by atoms with van der Waals surface area (Å²) in [6.07, 6.45) is -0.257. The summed E-state index contributed by atoms with van der Waals surface area (Å²) in [6, 6.07) is 0.418. The maximum Gasteiger partial charge on any atom is 0.424 e. The molecule has 1 amide bonds. The van der Waals surface area contributed by atoms with Crippen molar-refractivity contribution in [3.63, 3.8) is 0 Å². The SMILES string of the molecule is CC(C)NN1C(=O)OC[C@@H]1C(C)C. The van der Waals surface area contributed by atoms with E-state index in [2.05, 4.69) is 19.3 Å². The van der Waals surface area contributed by atoms with E-state index in [4.69, 9.17) is 4.74 Å². The van der Waals surface area contributed by atoms with E-state index in [9.17, 15) is 4.79 Å². The number of ether oxygens (including phenoxy) is 1. The quantitative estimate of drug-likeness (QED) is 0.724. The number of hydrogen-bond donors (Lipinski definition) is 1. The van der Waals surface area contributed by atoms with Crippen LogP contribution >= 0.6 is 0 Å². The summed E-state index contributed by atoms with van der Waals surface area (Å²) >= 11 is 0. The van der Waals surface area contributed by atoms with Crippen molar-refractivity contribution in [1.82, 2.24) is 10.4 Å². The lowest BCUT2D eigenvalue weighted by Gasteiger charge is -2.26. The van der Waals surface area contributed by atoms with E-state index in [-0.39, 0.29) is 18.2 Å². The van der Waals surface area contributed by atoms with E-state index >= 15 is 0 Å². The molecule has 0 spiro atoms. The van der Waals surface area contributed by atoms with Gasteiger partial charge in [0.05, 0.1) is 6.04 Å². The maximum absolute atomic E-state index is 11.3. The minimum Gasteiger partial charge on any atom is -0.446 e. The van der Waals surface area contributed by atoms with Gasteiger partial charge in [0.25, 0.3) is 0 Å². The van der Waals surface area contributed by atoms with Crippen LogP contribution in [-0.4, -0.2) is 29.8 Å². The van der Waals surface area contributed by atoms with Crippen LogP contribution in [0.5, 0.6) is 0 Å². The van der Waals surface area contributed by atoms with Crippen LogP contribution in [0.15, 0.2) is 0 Å². The Labute approximate surface area is 79.2 Å². The van der Waals surface area contributed by atoms with E-state index in [1.807, 2.05) is 13.8 Å². The molecular weight excluding hydrogens is 168 g/mol. The molecule has 4 heteroatoms. The molecule has 1 aliphatic heterocycles. The Balaban J connectivity index is 2.60. The van der Waals surface area contributed by atoms with Crippen LogP contribution in [0.1, 0.15) is 27.7 Å². The number of hydrogen-bond acceptors (Lipinski definition) is 3. The average molecular weight is 186 g/mol. The molecule has 1 fully saturated rings. The molecule has 0 aromatic heterocycles. The normalized spacial score (nSPS) is 23.1. The van der Waals surface area contributed by atoms with Gasteiger partial charge in [-0.25, -0.2) is 15.2 Å². The van der Waals surface area contributed by atoms with Gasteiger partial charge in [-0.3, -0.25) is 0 Å². The fourth-order valence-corrected chi connectivity index (χ4v) is 1.35. The molecule has 0 aromatic rings. The second-order valence-electron chi connectivity index (χ2n) is 4.04. The number of carbonyl (C=O) groups is 1. The molecular formula is C9H18N2O2. The standard InChI is InChI=1S/C9H18N2O2/c1-6(2)8-5-13-9(12)11(8)10-7(3)4/h6-8,10H,5H2,1-4H3/t8-/m1/s1. The van der Waals surface area contributed by atoms with Gasteiger partial charge >= 0.3 is 6.09 Å². The van der Waals surface area contributed by atoms with Gasteiger partial charge in [0.15, 0.2) is 0 Å². The van der Waals surface area contributed by atoms with Crippen LogP contribution in [0.2, 0.25) is 0 Å². The van der Waals surface area contributed by atoms with Gasteiger partial charge in [-0.05, 0) is 19.8 Å². The molecule has 13 heavy (non-hydrogen) atoms. The van der Waals surface area contributed by atoms with Gasteiger partial charge in [-0.1, -0.05) is 13.8 Å². The first kappa shape index (κ1) is 10.3. The van der Waals surface area contributed by atoms with Gasteiger partial charge in [-0.2, -0.15) is 0 Å². The van der Waals surface area contributed by atoms with E-state index in [1.54, 1.807) is 5.01 Å². The van der Waals surface area contributed by atoms with Crippen LogP contribution in [0, 0.1) is 5.92 Å². The molecule has 1 N–H and O–H groups in total. The Morgan fingerprint density at radius 1 is 1.46 bits per heavy atom. The lowest BCUT2D eigenvalue weighted by atomic mass is 10.1. The van der Waals surface area contributed by atoms with E-state index in [0.29, 0.717) is 12.5 Å². The number of rotatable bonds is 3. The number of cyclic esters (lactones) is 1. The molecule has 1 aliphatic rings. The molecule has 0 aliphatic carbocycles. The zero-order valence-electron chi connectivity index (χ0n) is 8.70. The number of nitrogens with zero attached hydrogens (tertiary/aromatic N) is 1. The highest BCUT2D eigenvalue weighted by molar-refractivity contribution is 5.69. The van der Waals surface area contributed by atoms with Crippen molar-refractivity contribution in [3.05, 3.63) is 0 Å². The first-order valence-corrected chi connectivity index (χ1v) is 4.74. The zero-order valence-corrected chi connectivity index (χ0v) is 8.70. The molecule has 1 heterocycles. The van der Waals surface area contributed by atoms with Gasteiger partial charge in [0.2, 0.25) is 0 Å². The lowest BCUT2D eigenvalue weighted by Crippen LogP contribution is -2.49. The first-order chi connectivity index (χ1) is 6.02. The van der Waals surface area contributed by atoms with Crippen molar-refractivity contribution in [2.75, 3.05) is 6.61 Å². The van der Waals surface area contributed by atoms with Gasteiger partial charge in [0.1, 0.15) is 6.61 Å². The third kappa shape index (κ3) is 2.34. The zero-order chi connectivity index (χ0) is 10.0. The smallest absolute Gasteiger partial charge is 0.424 e. The van der Waals surface area contributed by atoms with E-state index < -0.39 is 0 Å². The first-order valence-electron chi connectivity index (χ1n) is 4.74. The van der Waals surface area contributed by atoms with Crippen molar-refractivity contribution < 1.29 is 9.53 Å². The number of carbonyl (C=O) groups excluding carboxylic acids is 1. The lowest BCUT2D eigenvalue weighted by molar-refractivity contribution is 0.127. The monoisotopic (exact) mass is 186 g/mol. The summed E-state index contributed by atoms with van der Waals surface area (Å²) in [5.74, 6) is 0.415. The maximum atomic E-state index is 11.3. The van der Waals surface area contributed by atoms with Crippen LogP contribution in [0.4, 0.5) is 4.79 Å². The summed E-state index contributed by atoms with van der Waals surface area (Å²) in [5, 5.41) is 1.61. The van der Waals surface area contributed by atoms with E-state index in [1.165, 1.54) is 0 Å². The molecule has 0 bridgehead atoms. The average Bonchev–Trinajstić information content (AvgIpc) is 2.32. The van der Waals surface area contributed by atoms with Gasteiger partial charge < -0.3 is 4.74 Å². The second-order valence-corrected chi connectivity index (χ2v) is 4.04. The van der Waals surface area contributed by atoms with Crippen molar-refractivity contribution in [3.8, 4) is 0 Å². The summed E-state index contributed by atoms with van der Waals surface area (Å²) in [7, 11) is 0. The third-order valence-electron chi connectivity index (χ3n) is 2.07. The van der Waals surface area contributed by atoms with Crippen LogP contribution in [-0.2, 0) is 4.74 Å². The molecule has 0 radical (unpaired) electrons. The molecule has 0 aromatic carbocycles. The second kappa shape index (κ2) is 3.96. The third-order valence-corrected chi connectivity index (χ3v) is 2.07. The highest BCUT2D eigenvalue weighted by atomic mass is 16.6. The molecule has 1 rings (SSSR count). The van der Waals surface area contributed by atoms with Gasteiger partial charge in [-0.15, -0.1) is 0 Å².